The Kier molecular flexibility index (Phi) is 8.21. The zero-order valence-corrected chi connectivity index (χ0v) is 17.1. The minimum absolute atomic E-state index is 0.0855. The van der Waals surface area contributed by atoms with Crippen LogP contribution < -0.4 is 0 Å². The zero-order chi connectivity index (χ0) is 18.9. The Labute approximate surface area is 165 Å². The SMILES string of the molecule is CCOCCCN(Cc1nc(C(=O)OC)cs1)C(=O)c1cccc(Br)c1. The Balaban J connectivity index is 2.13. The number of amides is 1. The van der Waals surface area contributed by atoms with Crippen LogP contribution in [0.25, 0.3) is 0 Å². The largest absolute Gasteiger partial charge is 0.464 e. The van der Waals surface area contributed by atoms with Crippen molar-refractivity contribution in [3.05, 3.63) is 50.4 Å². The number of benzene rings is 1. The maximum atomic E-state index is 12.9. The molecule has 0 fully saturated rings. The van der Waals surface area contributed by atoms with Gasteiger partial charge in [0.25, 0.3) is 5.91 Å². The van der Waals surface area contributed by atoms with E-state index in [1.165, 1.54) is 18.4 Å². The fourth-order valence-electron chi connectivity index (χ4n) is 2.30. The lowest BCUT2D eigenvalue weighted by molar-refractivity contribution is 0.0594. The van der Waals surface area contributed by atoms with Crippen molar-refractivity contribution in [2.75, 3.05) is 26.9 Å². The Morgan fingerprint density at radius 1 is 1.35 bits per heavy atom. The number of aromatic nitrogens is 1. The van der Waals surface area contributed by atoms with Crippen LogP contribution >= 0.6 is 27.3 Å². The van der Waals surface area contributed by atoms with Gasteiger partial charge in [-0.25, -0.2) is 9.78 Å². The van der Waals surface area contributed by atoms with Crippen LogP contribution in [0.4, 0.5) is 0 Å². The number of hydrogen-bond donors (Lipinski definition) is 0. The van der Waals surface area contributed by atoms with Gasteiger partial charge in [-0.3, -0.25) is 4.79 Å². The molecule has 0 saturated heterocycles. The second-order valence-corrected chi connectivity index (χ2v) is 7.26. The minimum Gasteiger partial charge on any atom is -0.464 e. The molecule has 2 aromatic rings. The number of nitrogens with zero attached hydrogens (tertiary/aromatic N) is 2. The number of ether oxygens (including phenoxy) is 2. The predicted octanol–water partition coefficient (Wildman–Crippen LogP) is 3.76. The number of esters is 1. The number of hydrogen-bond acceptors (Lipinski definition) is 6. The average molecular weight is 441 g/mol. The molecule has 0 bridgehead atoms. The molecule has 26 heavy (non-hydrogen) atoms. The summed E-state index contributed by atoms with van der Waals surface area (Å²) in [5, 5.41) is 2.33. The molecule has 0 saturated carbocycles. The molecule has 0 radical (unpaired) electrons. The van der Waals surface area contributed by atoms with E-state index in [-0.39, 0.29) is 11.6 Å². The summed E-state index contributed by atoms with van der Waals surface area (Å²) in [5.41, 5.74) is 0.859. The van der Waals surface area contributed by atoms with E-state index in [1.54, 1.807) is 22.4 Å². The van der Waals surface area contributed by atoms with Gasteiger partial charge in [0.1, 0.15) is 5.01 Å². The quantitative estimate of drug-likeness (QED) is 0.438. The highest BCUT2D eigenvalue weighted by Crippen LogP contribution is 2.18. The first-order valence-electron chi connectivity index (χ1n) is 8.20. The van der Waals surface area contributed by atoms with Gasteiger partial charge < -0.3 is 14.4 Å². The first-order valence-corrected chi connectivity index (χ1v) is 9.87. The second kappa shape index (κ2) is 10.4. The molecule has 0 unspecified atom stereocenters. The van der Waals surface area contributed by atoms with Crippen molar-refractivity contribution in [2.45, 2.75) is 19.9 Å². The van der Waals surface area contributed by atoms with Gasteiger partial charge in [-0.15, -0.1) is 11.3 Å². The minimum atomic E-state index is -0.478. The highest BCUT2D eigenvalue weighted by Gasteiger charge is 2.19. The lowest BCUT2D eigenvalue weighted by Gasteiger charge is -2.22. The number of methoxy groups -OCH3 is 1. The Morgan fingerprint density at radius 2 is 2.15 bits per heavy atom. The molecule has 0 N–H and O–H groups in total. The van der Waals surface area contributed by atoms with Crippen LogP contribution in [0.3, 0.4) is 0 Å². The lowest BCUT2D eigenvalue weighted by Crippen LogP contribution is -2.32. The smallest absolute Gasteiger partial charge is 0.357 e. The highest BCUT2D eigenvalue weighted by molar-refractivity contribution is 9.10. The zero-order valence-electron chi connectivity index (χ0n) is 14.7. The van der Waals surface area contributed by atoms with Crippen LogP contribution in [0.2, 0.25) is 0 Å². The third-order valence-electron chi connectivity index (χ3n) is 3.55. The molecule has 0 aliphatic heterocycles. The molecule has 1 aromatic carbocycles. The number of halogens is 1. The van der Waals surface area contributed by atoms with E-state index in [2.05, 4.69) is 25.7 Å². The average Bonchev–Trinajstić information content (AvgIpc) is 3.11. The van der Waals surface area contributed by atoms with E-state index in [1.807, 2.05) is 19.1 Å². The van der Waals surface area contributed by atoms with Gasteiger partial charge in [0.15, 0.2) is 5.69 Å². The number of carbonyl (C=O) groups excluding carboxylic acids is 2. The van der Waals surface area contributed by atoms with E-state index in [0.29, 0.717) is 36.9 Å². The van der Waals surface area contributed by atoms with Crippen molar-refractivity contribution in [3.8, 4) is 0 Å². The van der Waals surface area contributed by atoms with Crippen LogP contribution in [0, 0.1) is 0 Å². The summed E-state index contributed by atoms with van der Waals surface area (Å²) in [5.74, 6) is -0.564. The van der Waals surface area contributed by atoms with Crippen LogP contribution in [0.1, 0.15) is 39.2 Å². The van der Waals surface area contributed by atoms with Gasteiger partial charge in [0.05, 0.1) is 13.7 Å². The van der Waals surface area contributed by atoms with Crippen LogP contribution in [-0.4, -0.2) is 48.6 Å². The molecule has 8 heteroatoms. The molecular weight excluding hydrogens is 420 g/mol. The molecule has 140 valence electrons. The third-order valence-corrected chi connectivity index (χ3v) is 4.88. The van der Waals surface area contributed by atoms with E-state index < -0.39 is 5.97 Å². The van der Waals surface area contributed by atoms with Crippen molar-refractivity contribution in [1.29, 1.82) is 0 Å². The molecule has 1 aromatic heterocycles. The fourth-order valence-corrected chi connectivity index (χ4v) is 3.48. The lowest BCUT2D eigenvalue weighted by atomic mass is 10.2. The summed E-state index contributed by atoms with van der Waals surface area (Å²) in [4.78, 5) is 30.5. The van der Waals surface area contributed by atoms with Gasteiger partial charge >= 0.3 is 5.97 Å². The first-order chi connectivity index (χ1) is 12.5. The number of carbonyl (C=O) groups is 2. The van der Waals surface area contributed by atoms with Crippen LogP contribution in [0.5, 0.6) is 0 Å². The third kappa shape index (κ3) is 5.89. The Morgan fingerprint density at radius 3 is 2.85 bits per heavy atom. The summed E-state index contributed by atoms with van der Waals surface area (Å²) >= 11 is 4.73. The number of rotatable bonds is 9. The van der Waals surface area contributed by atoms with Gasteiger partial charge in [0, 0.05) is 35.2 Å². The molecule has 0 atom stereocenters. The Hall–Kier alpha value is -1.77. The molecular formula is C18H21BrN2O4S. The molecule has 0 aliphatic rings. The van der Waals surface area contributed by atoms with Crippen molar-refractivity contribution in [2.24, 2.45) is 0 Å². The summed E-state index contributed by atoms with van der Waals surface area (Å²) in [7, 11) is 1.32. The highest BCUT2D eigenvalue weighted by atomic mass is 79.9. The molecule has 0 spiro atoms. The summed E-state index contributed by atoms with van der Waals surface area (Å²) in [6.07, 6.45) is 0.725. The van der Waals surface area contributed by atoms with Gasteiger partial charge in [-0.05, 0) is 31.5 Å². The maximum absolute atomic E-state index is 12.9. The van der Waals surface area contributed by atoms with Gasteiger partial charge in [-0.2, -0.15) is 0 Å². The topological polar surface area (TPSA) is 68.7 Å². The van der Waals surface area contributed by atoms with E-state index in [9.17, 15) is 9.59 Å². The van der Waals surface area contributed by atoms with Crippen molar-refractivity contribution >= 4 is 39.1 Å². The molecule has 2 rings (SSSR count). The van der Waals surface area contributed by atoms with Crippen molar-refractivity contribution in [3.63, 3.8) is 0 Å². The van der Waals surface area contributed by atoms with Crippen LogP contribution in [0.15, 0.2) is 34.1 Å². The molecule has 1 amide bonds. The molecule has 6 nitrogen and oxygen atoms in total. The molecule has 0 aliphatic carbocycles. The fraction of sp³-hybridized carbons (Fsp3) is 0.389. The van der Waals surface area contributed by atoms with Gasteiger partial charge in [0.2, 0.25) is 0 Å². The second-order valence-electron chi connectivity index (χ2n) is 5.41. The van der Waals surface area contributed by atoms with E-state index >= 15 is 0 Å². The summed E-state index contributed by atoms with van der Waals surface area (Å²) in [6, 6.07) is 7.28. The first kappa shape index (κ1) is 20.5. The van der Waals surface area contributed by atoms with E-state index in [4.69, 9.17) is 4.74 Å². The van der Waals surface area contributed by atoms with Crippen LogP contribution in [-0.2, 0) is 16.0 Å². The maximum Gasteiger partial charge on any atom is 0.357 e. The monoisotopic (exact) mass is 440 g/mol. The summed E-state index contributed by atoms with van der Waals surface area (Å²) in [6.45, 7) is 4.05. The van der Waals surface area contributed by atoms with Gasteiger partial charge in [-0.1, -0.05) is 22.0 Å². The molecule has 1 heterocycles. The Bertz CT molecular complexity index is 750. The number of thiazole rings is 1. The summed E-state index contributed by atoms with van der Waals surface area (Å²) < 4.78 is 10.9. The van der Waals surface area contributed by atoms with Crippen molar-refractivity contribution < 1.29 is 19.1 Å². The van der Waals surface area contributed by atoms with Crippen molar-refractivity contribution in [1.82, 2.24) is 9.88 Å². The van der Waals surface area contributed by atoms with E-state index in [0.717, 1.165) is 10.9 Å². The standard InChI is InChI=1S/C18H21BrN2O4S/c1-3-25-9-5-8-21(17(22)13-6-4-7-14(19)10-13)11-16-20-15(12-26-16)18(23)24-2/h4,6-7,10,12H,3,5,8-9,11H2,1-2H3. The predicted molar refractivity (Wildman–Crippen MR) is 103 cm³/mol. The normalized spacial score (nSPS) is 10.6.